The maximum atomic E-state index is 12.8. The molecular weight excluding hydrogens is 339 g/mol. The molecule has 7 heteroatoms. The predicted octanol–water partition coefficient (Wildman–Crippen LogP) is 2.33. The van der Waals surface area contributed by atoms with E-state index in [4.69, 9.17) is 4.74 Å². The highest BCUT2D eigenvalue weighted by Gasteiger charge is 2.20. The van der Waals surface area contributed by atoms with Crippen molar-refractivity contribution in [1.29, 1.82) is 0 Å². The largest absolute Gasteiger partial charge is 0.452 e. The van der Waals surface area contributed by atoms with Crippen LogP contribution in [0.15, 0.2) is 54.6 Å². The van der Waals surface area contributed by atoms with E-state index < -0.39 is 29.8 Å². The number of carbonyl (C=O) groups is 3. The van der Waals surface area contributed by atoms with Crippen molar-refractivity contribution >= 4 is 17.9 Å². The third kappa shape index (κ3) is 6.35. The highest BCUT2D eigenvalue weighted by Crippen LogP contribution is 2.05. The van der Waals surface area contributed by atoms with Gasteiger partial charge in [-0.15, -0.1) is 0 Å². The summed E-state index contributed by atoms with van der Waals surface area (Å²) in [4.78, 5) is 35.4. The van der Waals surface area contributed by atoms with Crippen molar-refractivity contribution in [2.45, 2.75) is 26.0 Å². The molecule has 2 rings (SSSR count). The van der Waals surface area contributed by atoms with E-state index in [0.29, 0.717) is 5.56 Å². The number of rotatable bonds is 6. The predicted molar refractivity (Wildman–Crippen MR) is 92.5 cm³/mol. The molecule has 0 spiro atoms. The van der Waals surface area contributed by atoms with Crippen LogP contribution >= 0.6 is 0 Å². The zero-order chi connectivity index (χ0) is 18.9. The van der Waals surface area contributed by atoms with E-state index >= 15 is 0 Å². The Morgan fingerprint density at radius 3 is 2.31 bits per heavy atom. The van der Waals surface area contributed by atoms with Gasteiger partial charge in [-0.1, -0.05) is 42.5 Å². The summed E-state index contributed by atoms with van der Waals surface area (Å²) < 4.78 is 17.8. The van der Waals surface area contributed by atoms with Gasteiger partial charge in [-0.25, -0.2) is 9.18 Å². The van der Waals surface area contributed by atoms with E-state index in [1.807, 2.05) is 30.3 Å². The van der Waals surface area contributed by atoms with Crippen LogP contribution in [0.25, 0.3) is 0 Å². The van der Waals surface area contributed by atoms with E-state index in [1.165, 1.54) is 31.2 Å². The van der Waals surface area contributed by atoms with Crippen LogP contribution in [0.3, 0.4) is 0 Å². The molecule has 0 bridgehead atoms. The first kappa shape index (κ1) is 19.1. The zero-order valence-electron chi connectivity index (χ0n) is 14.2. The number of amides is 3. The third-order valence-electron chi connectivity index (χ3n) is 3.47. The van der Waals surface area contributed by atoms with E-state index in [0.717, 1.165) is 5.56 Å². The highest BCUT2D eigenvalue weighted by molar-refractivity contribution is 5.97. The summed E-state index contributed by atoms with van der Waals surface area (Å²) in [6, 6.07) is 13.9. The second-order valence-corrected chi connectivity index (χ2v) is 5.59. The van der Waals surface area contributed by atoms with Gasteiger partial charge in [-0.2, -0.15) is 0 Å². The molecule has 1 atom stereocenters. The van der Waals surface area contributed by atoms with Gasteiger partial charge in [0.15, 0.2) is 6.10 Å². The first-order valence-corrected chi connectivity index (χ1v) is 8.00. The standard InChI is InChI=1S/C19H19FN2O4/c1-13(26-17(23)11-14-7-9-16(20)10-8-14)18(24)22-19(25)21-12-15-5-3-2-4-6-15/h2-10,13H,11-12H2,1H3,(H2,21,22,24,25). The molecule has 26 heavy (non-hydrogen) atoms. The molecule has 0 radical (unpaired) electrons. The molecule has 1 unspecified atom stereocenters. The van der Waals surface area contributed by atoms with Crippen LogP contribution in [0.2, 0.25) is 0 Å². The SMILES string of the molecule is CC(OC(=O)Cc1ccc(F)cc1)C(=O)NC(=O)NCc1ccccc1. The molecule has 3 amide bonds. The Morgan fingerprint density at radius 1 is 1.00 bits per heavy atom. The van der Waals surface area contributed by atoms with E-state index in [2.05, 4.69) is 10.6 Å². The molecular formula is C19H19FN2O4. The van der Waals surface area contributed by atoms with Crippen molar-refractivity contribution in [3.05, 3.63) is 71.5 Å². The summed E-state index contributed by atoms with van der Waals surface area (Å²) in [6.07, 6.45) is -1.23. The fourth-order valence-electron chi connectivity index (χ4n) is 2.10. The van der Waals surface area contributed by atoms with Crippen LogP contribution in [-0.2, 0) is 27.3 Å². The molecule has 6 nitrogen and oxygen atoms in total. The molecule has 0 saturated heterocycles. The second kappa shape index (κ2) is 9.31. The number of imide groups is 1. The van der Waals surface area contributed by atoms with Crippen LogP contribution in [0.4, 0.5) is 9.18 Å². The van der Waals surface area contributed by atoms with E-state index in [1.54, 1.807) is 0 Å². The maximum absolute atomic E-state index is 12.8. The molecule has 2 N–H and O–H groups in total. The molecule has 0 aliphatic heterocycles. The number of hydrogen-bond donors (Lipinski definition) is 2. The van der Waals surface area contributed by atoms with Crippen LogP contribution in [0.1, 0.15) is 18.1 Å². The Morgan fingerprint density at radius 2 is 1.65 bits per heavy atom. The Balaban J connectivity index is 1.74. The normalized spacial score (nSPS) is 11.3. The van der Waals surface area contributed by atoms with Gasteiger partial charge < -0.3 is 10.1 Å². The summed E-state index contributed by atoms with van der Waals surface area (Å²) >= 11 is 0. The number of benzene rings is 2. The van der Waals surface area contributed by atoms with E-state index in [-0.39, 0.29) is 13.0 Å². The zero-order valence-corrected chi connectivity index (χ0v) is 14.2. The second-order valence-electron chi connectivity index (χ2n) is 5.59. The summed E-state index contributed by atoms with van der Waals surface area (Å²) in [5.74, 6) is -1.79. The fraction of sp³-hybridized carbons (Fsp3) is 0.211. The number of carbonyl (C=O) groups excluding carboxylic acids is 3. The van der Waals surface area contributed by atoms with Gasteiger partial charge in [0.2, 0.25) is 0 Å². The molecule has 0 aliphatic carbocycles. The van der Waals surface area contributed by atoms with Crippen LogP contribution < -0.4 is 10.6 Å². The van der Waals surface area contributed by atoms with Crippen LogP contribution in [-0.4, -0.2) is 24.0 Å². The van der Waals surface area contributed by atoms with Gasteiger partial charge in [-0.05, 0) is 30.2 Å². The van der Waals surface area contributed by atoms with Crippen molar-refractivity contribution in [3.8, 4) is 0 Å². The van der Waals surface area contributed by atoms with Crippen LogP contribution in [0, 0.1) is 5.82 Å². The molecule has 0 aromatic heterocycles. The number of ether oxygens (including phenoxy) is 1. The lowest BCUT2D eigenvalue weighted by Gasteiger charge is -2.13. The third-order valence-corrected chi connectivity index (χ3v) is 3.47. The quantitative estimate of drug-likeness (QED) is 0.776. The molecule has 0 fully saturated rings. The number of nitrogens with one attached hydrogen (secondary N) is 2. The minimum atomic E-state index is -1.13. The highest BCUT2D eigenvalue weighted by atomic mass is 19.1. The molecule has 0 heterocycles. The monoisotopic (exact) mass is 358 g/mol. The molecule has 136 valence electrons. The van der Waals surface area contributed by atoms with Gasteiger partial charge in [0, 0.05) is 6.54 Å². The van der Waals surface area contributed by atoms with Gasteiger partial charge in [0.1, 0.15) is 5.82 Å². The number of halogens is 1. The maximum Gasteiger partial charge on any atom is 0.321 e. The Hall–Kier alpha value is -3.22. The molecule has 2 aromatic carbocycles. The van der Waals surface area contributed by atoms with Crippen molar-refractivity contribution in [3.63, 3.8) is 0 Å². The van der Waals surface area contributed by atoms with Crippen molar-refractivity contribution in [1.82, 2.24) is 10.6 Å². The average Bonchev–Trinajstić information content (AvgIpc) is 2.62. The minimum absolute atomic E-state index is 0.0991. The molecule has 2 aromatic rings. The fourth-order valence-corrected chi connectivity index (χ4v) is 2.10. The summed E-state index contributed by atoms with van der Waals surface area (Å²) in [5.41, 5.74) is 1.44. The number of hydrogen-bond acceptors (Lipinski definition) is 4. The number of urea groups is 1. The minimum Gasteiger partial charge on any atom is -0.452 e. The van der Waals surface area contributed by atoms with Gasteiger partial charge in [0.25, 0.3) is 5.91 Å². The van der Waals surface area contributed by atoms with Crippen LogP contribution in [0.5, 0.6) is 0 Å². The van der Waals surface area contributed by atoms with E-state index in [9.17, 15) is 18.8 Å². The lowest BCUT2D eigenvalue weighted by atomic mass is 10.1. The van der Waals surface area contributed by atoms with Crippen molar-refractivity contribution < 1.29 is 23.5 Å². The van der Waals surface area contributed by atoms with Crippen molar-refractivity contribution in [2.24, 2.45) is 0 Å². The Kier molecular flexibility index (Phi) is 6.84. The smallest absolute Gasteiger partial charge is 0.321 e. The molecule has 0 saturated carbocycles. The Labute approximate surface area is 150 Å². The first-order valence-electron chi connectivity index (χ1n) is 8.00. The first-order chi connectivity index (χ1) is 12.4. The Bertz CT molecular complexity index is 763. The summed E-state index contributed by atoms with van der Waals surface area (Å²) in [6.45, 7) is 1.63. The summed E-state index contributed by atoms with van der Waals surface area (Å²) in [5, 5.41) is 4.65. The average molecular weight is 358 g/mol. The van der Waals surface area contributed by atoms with Gasteiger partial charge in [-0.3, -0.25) is 14.9 Å². The van der Waals surface area contributed by atoms with Crippen molar-refractivity contribution in [2.75, 3.05) is 0 Å². The topological polar surface area (TPSA) is 84.5 Å². The summed E-state index contributed by atoms with van der Waals surface area (Å²) in [7, 11) is 0. The van der Waals surface area contributed by atoms with Gasteiger partial charge >= 0.3 is 12.0 Å². The lowest BCUT2D eigenvalue weighted by molar-refractivity contribution is -0.153. The lowest BCUT2D eigenvalue weighted by Crippen LogP contribution is -2.44. The van der Waals surface area contributed by atoms with Gasteiger partial charge in [0.05, 0.1) is 6.42 Å². The molecule has 0 aliphatic rings. The number of esters is 1.